The third-order valence-electron chi connectivity index (χ3n) is 3.84. The van der Waals surface area contributed by atoms with Crippen LogP contribution >= 0.6 is 0 Å². The third-order valence-corrected chi connectivity index (χ3v) is 3.84. The van der Waals surface area contributed by atoms with Gasteiger partial charge in [-0.3, -0.25) is 4.79 Å². The monoisotopic (exact) mass is 278 g/mol. The number of para-hydroxylation sites is 1. The Labute approximate surface area is 124 Å². The first-order valence-electron chi connectivity index (χ1n) is 7.38. The van der Waals surface area contributed by atoms with Crippen LogP contribution in [0.1, 0.15) is 41.1 Å². The summed E-state index contributed by atoms with van der Waals surface area (Å²) in [5.74, 6) is 0.806. The van der Waals surface area contributed by atoms with Crippen molar-refractivity contribution in [2.45, 2.75) is 26.7 Å². The van der Waals surface area contributed by atoms with E-state index in [1.807, 2.05) is 55.5 Å². The van der Waals surface area contributed by atoms with Crippen molar-refractivity contribution in [3.63, 3.8) is 0 Å². The summed E-state index contributed by atoms with van der Waals surface area (Å²) in [4.78, 5) is 12.8. The predicted molar refractivity (Wildman–Crippen MR) is 84.8 cm³/mol. The summed E-state index contributed by atoms with van der Waals surface area (Å²) in [5, 5.41) is 0.902. The molecule has 0 saturated heterocycles. The SMILES string of the molecule is CCc1ccc(C(=O)c2c(CC)oc3ccccc23)cc1. The summed E-state index contributed by atoms with van der Waals surface area (Å²) in [7, 11) is 0. The molecular formula is C19H18O2. The lowest BCUT2D eigenvalue weighted by Gasteiger charge is -2.03. The quantitative estimate of drug-likeness (QED) is 0.642. The van der Waals surface area contributed by atoms with E-state index in [2.05, 4.69) is 6.92 Å². The van der Waals surface area contributed by atoms with Gasteiger partial charge in [0.15, 0.2) is 5.78 Å². The van der Waals surface area contributed by atoms with E-state index in [0.29, 0.717) is 17.5 Å². The lowest BCUT2D eigenvalue weighted by Crippen LogP contribution is -2.03. The van der Waals surface area contributed by atoms with Crippen LogP contribution in [0.15, 0.2) is 52.9 Å². The number of aryl methyl sites for hydroxylation is 2. The first-order valence-corrected chi connectivity index (χ1v) is 7.38. The van der Waals surface area contributed by atoms with E-state index in [1.54, 1.807) is 0 Å². The number of hydrogen-bond donors (Lipinski definition) is 0. The molecule has 3 aromatic rings. The van der Waals surface area contributed by atoms with E-state index in [4.69, 9.17) is 4.42 Å². The fourth-order valence-electron chi connectivity index (χ4n) is 2.63. The Bertz CT molecular complexity index is 779. The number of carbonyl (C=O) groups excluding carboxylic acids is 1. The highest BCUT2D eigenvalue weighted by molar-refractivity contribution is 6.16. The third kappa shape index (κ3) is 2.38. The molecule has 0 spiro atoms. The summed E-state index contributed by atoms with van der Waals surface area (Å²) >= 11 is 0. The van der Waals surface area contributed by atoms with E-state index in [0.717, 1.165) is 23.2 Å². The number of fused-ring (bicyclic) bond motifs is 1. The van der Waals surface area contributed by atoms with Crippen LogP contribution in [0.25, 0.3) is 11.0 Å². The second-order valence-corrected chi connectivity index (χ2v) is 5.13. The molecule has 21 heavy (non-hydrogen) atoms. The fraction of sp³-hybridized carbons (Fsp3) is 0.211. The van der Waals surface area contributed by atoms with Crippen molar-refractivity contribution in [1.82, 2.24) is 0 Å². The molecular weight excluding hydrogens is 260 g/mol. The lowest BCUT2D eigenvalue weighted by molar-refractivity contribution is 0.103. The Kier molecular flexibility index (Phi) is 3.61. The van der Waals surface area contributed by atoms with Gasteiger partial charge in [0, 0.05) is 17.4 Å². The topological polar surface area (TPSA) is 30.2 Å². The molecule has 2 nitrogen and oxygen atoms in total. The van der Waals surface area contributed by atoms with Crippen LogP contribution in [0, 0.1) is 0 Å². The molecule has 0 N–H and O–H groups in total. The maximum atomic E-state index is 12.8. The van der Waals surface area contributed by atoms with Gasteiger partial charge in [0.25, 0.3) is 0 Å². The van der Waals surface area contributed by atoms with Gasteiger partial charge in [0.2, 0.25) is 0 Å². The Morgan fingerprint density at radius 3 is 2.33 bits per heavy atom. The largest absolute Gasteiger partial charge is 0.460 e. The van der Waals surface area contributed by atoms with Crippen molar-refractivity contribution in [2.75, 3.05) is 0 Å². The van der Waals surface area contributed by atoms with Crippen molar-refractivity contribution < 1.29 is 9.21 Å². The maximum Gasteiger partial charge on any atom is 0.197 e. The molecule has 106 valence electrons. The molecule has 0 saturated carbocycles. The molecule has 0 unspecified atom stereocenters. The maximum absolute atomic E-state index is 12.8. The van der Waals surface area contributed by atoms with E-state index >= 15 is 0 Å². The average molecular weight is 278 g/mol. The van der Waals surface area contributed by atoms with Gasteiger partial charge in [-0.1, -0.05) is 56.3 Å². The van der Waals surface area contributed by atoms with E-state index in [9.17, 15) is 4.79 Å². The molecule has 1 aromatic heterocycles. The summed E-state index contributed by atoms with van der Waals surface area (Å²) in [6.07, 6.45) is 1.69. The van der Waals surface area contributed by atoms with Gasteiger partial charge in [-0.15, -0.1) is 0 Å². The number of carbonyl (C=O) groups is 1. The minimum absolute atomic E-state index is 0.0412. The minimum atomic E-state index is 0.0412. The standard InChI is InChI=1S/C19H18O2/c1-3-13-9-11-14(12-10-13)19(20)18-15-7-5-6-8-17(15)21-16(18)4-2/h5-12H,3-4H2,1-2H3. The van der Waals surface area contributed by atoms with E-state index in [-0.39, 0.29) is 5.78 Å². The van der Waals surface area contributed by atoms with Gasteiger partial charge in [-0.2, -0.15) is 0 Å². The molecule has 0 aliphatic carbocycles. The molecule has 0 aliphatic rings. The first-order chi connectivity index (χ1) is 10.2. The van der Waals surface area contributed by atoms with Crippen LogP contribution in [0.2, 0.25) is 0 Å². The summed E-state index contributed by atoms with van der Waals surface area (Å²) < 4.78 is 5.82. The van der Waals surface area contributed by atoms with Crippen LogP contribution in [0.5, 0.6) is 0 Å². The number of furan rings is 1. The minimum Gasteiger partial charge on any atom is -0.460 e. The van der Waals surface area contributed by atoms with Crippen LogP contribution in [0.3, 0.4) is 0 Å². The molecule has 2 aromatic carbocycles. The Hall–Kier alpha value is -2.35. The number of benzene rings is 2. The first kappa shape index (κ1) is 13.6. The second-order valence-electron chi connectivity index (χ2n) is 5.13. The van der Waals surface area contributed by atoms with Crippen molar-refractivity contribution >= 4 is 16.8 Å². The van der Waals surface area contributed by atoms with E-state index < -0.39 is 0 Å². The number of hydrogen-bond acceptors (Lipinski definition) is 2. The number of ketones is 1. The van der Waals surface area contributed by atoms with Gasteiger partial charge >= 0.3 is 0 Å². The Morgan fingerprint density at radius 2 is 1.67 bits per heavy atom. The van der Waals surface area contributed by atoms with Gasteiger partial charge in [-0.05, 0) is 18.1 Å². The smallest absolute Gasteiger partial charge is 0.197 e. The van der Waals surface area contributed by atoms with Crippen molar-refractivity contribution in [2.24, 2.45) is 0 Å². The molecule has 0 fully saturated rings. The highest BCUT2D eigenvalue weighted by Gasteiger charge is 2.20. The van der Waals surface area contributed by atoms with Gasteiger partial charge in [0.05, 0.1) is 5.56 Å². The van der Waals surface area contributed by atoms with Crippen LogP contribution in [-0.2, 0) is 12.8 Å². The highest BCUT2D eigenvalue weighted by Crippen LogP contribution is 2.28. The van der Waals surface area contributed by atoms with Gasteiger partial charge in [0.1, 0.15) is 11.3 Å². The Balaban J connectivity index is 2.11. The predicted octanol–water partition coefficient (Wildman–Crippen LogP) is 4.79. The second kappa shape index (κ2) is 5.57. The zero-order valence-corrected chi connectivity index (χ0v) is 12.3. The molecule has 0 aliphatic heterocycles. The van der Waals surface area contributed by atoms with Gasteiger partial charge < -0.3 is 4.42 Å². The molecule has 0 atom stereocenters. The van der Waals surface area contributed by atoms with E-state index in [1.165, 1.54) is 5.56 Å². The fourth-order valence-corrected chi connectivity index (χ4v) is 2.63. The van der Waals surface area contributed by atoms with Crippen molar-refractivity contribution in [3.8, 4) is 0 Å². The summed E-state index contributed by atoms with van der Waals surface area (Å²) in [6.45, 7) is 4.12. The average Bonchev–Trinajstić information content (AvgIpc) is 2.92. The molecule has 0 radical (unpaired) electrons. The lowest BCUT2D eigenvalue weighted by atomic mass is 9.98. The molecule has 0 bridgehead atoms. The van der Waals surface area contributed by atoms with Crippen molar-refractivity contribution in [3.05, 3.63) is 71.0 Å². The van der Waals surface area contributed by atoms with Crippen LogP contribution < -0.4 is 0 Å². The normalized spacial score (nSPS) is 11.0. The summed E-state index contributed by atoms with van der Waals surface area (Å²) in [6, 6.07) is 15.6. The molecule has 0 amide bonds. The Morgan fingerprint density at radius 1 is 0.952 bits per heavy atom. The molecule has 3 rings (SSSR count). The zero-order valence-electron chi connectivity index (χ0n) is 12.3. The molecule has 2 heteroatoms. The summed E-state index contributed by atoms with van der Waals surface area (Å²) in [5.41, 5.74) is 3.44. The number of rotatable bonds is 4. The highest BCUT2D eigenvalue weighted by atomic mass is 16.3. The van der Waals surface area contributed by atoms with Gasteiger partial charge in [-0.25, -0.2) is 0 Å². The van der Waals surface area contributed by atoms with Crippen LogP contribution in [0.4, 0.5) is 0 Å². The zero-order chi connectivity index (χ0) is 14.8. The van der Waals surface area contributed by atoms with Crippen LogP contribution in [-0.4, -0.2) is 5.78 Å². The molecule has 1 heterocycles. The van der Waals surface area contributed by atoms with Crippen molar-refractivity contribution in [1.29, 1.82) is 0 Å².